The van der Waals surface area contributed by atoms with Crippen LogP contribution in [0.5, 0.6) is 0 Å². The molecule has 0 radical (unpaired) electrons. The van der Waals surface area contributed by atoms with Crippen molar-refractivity contribution in [2.24, 2.45) is 23.2 Å². The minimum atomic E-state index is -1.87. The van der Waals surface area contributed by atoms with Gasteiger partial charge in [0.05, 0.1) is 5.60 Å². The van der Waals surface area contributed by atoms with E-state index in [-0.39, 0.29) is 28.6 Å². The lowest BCUT2D eigenvalue weighted by molar-refractivity contribution is -0.150. The van der Waals surface area contributed by atoms with Crippen molar-refractivity contribution in [1.29, 1.82) is 0 Å². The Hall–Kier alpha value is -0.393. The first-order chi connectivity index (χ1) is 14.0. The molecule has 0 aliphatic heterocycles. The number of esters is 1. The number of hydrogen-bond donors (Lipinski definition) is 1. The van der Waals surface area contributed by atoms with Crippen molar-refractivity contribution in [2.45, 2.75) is 136 Å². The summed E-state index contributed by atoms with van der Waals surface area (Å²) in [6.07, 6.45) is 7.54. The summed E-state index contributed by atoms with van der Waals surface area (Å²) in [5, 5.41) is 10.3. The lowest BCUT2D eigenvalue weighted by Gasteiger charge is -2.49. The molecule has 31 heavy (non-hydrogen) atoms. The fraction of sp³-hybridized carbons (Fsp3) is 0.962. The molecule has 0 aromatic rings. The molecule has 2 aliphatic rings. The second-order valence-corrected chi connectivity index (χ2v) is 17.8. The summed E-state index contributed by atoms with van der Waals surface area (Å²) in [4.78, 5) is 12.0. The third kappa shape index (κ3) is 6.35. The first kappa shape index (κ1) is 26.9. The highest BCUT2D eigenvalue weighted by molar-refractivity contribution is 6.74. The highest BCUT2D eigenvalue weighted by atomic mass is 28.4. The second-order valence-electron chi connectivity index (χ2n) is 13.0. The normalized spacial score (nSPS) is 33.1. The quantitative estimate of drug-likeness (QED) is 0.327. The topological polar surface area (TPSA) is 55.8 Å². The van der Waals surface area contributed by atoms with Crippen LogP contribution in [0.4, 0.5) is 0 Å². The Morgan fingerprint density at radius 3 is 2.32 bits per heavy atom. The Kier molecular flexibility index (Phi) is 8.20. The Balaban J connectivity index is 2.26. The molecule has 0 spiro atoms. The van der Waals surface area contributed by atoms with Crippen LogP contribution in [0.3, 0.4) is 0 Å². The molecule has 182 valence electrons. The zero-order chi connectivity index (χ0) is 23.8. The summed E-state index contributed by atoms with van der Waals surface area (Å²) in [6, 6.07) is 0. The maximum Gasteiger partial charge on any atom is 0.302 e. The predicted molar refractivity (Wildman–Crippen MR) is 130 cm³/mol. The molecule has 0 aromatic carbocycles. The number of rotatable bonds is 8. The molecule has 2 saturated carbocycles. The fourth-order valence-corrected chi connectivity index (χ4v) is 7.63. The van der Waals surface area contributed by atoms with Gasteiger partial charge in [-0.05, 0) is 74.9 Å². The van der Waals surface area contributed by atoms with Crippen LogP contribution in [0, 0.1) is 23.2 Å². The highest BCUT2D eigenvalue weighted by Crippen LogP contribution is 2.60. The molecule has 0 heterocycles. The molecule has 0 amide bonds. The number of aliphatic hydroxyl groups is 1. The standard InChI is InChI=1S/C26H50O4Si/c1-18(13-11-15-25(6,7)28)23-22(29-19(2)27)17-20-21(14-12-16-26(20,23)8)30-31(9,10)24(3,4)5/h18,20-23,28H,11-17H2,1-10H3/t18-,20+,21+,22-,23+,26+/m1/s1. The van der Waals surface area contributed by atoms with E-state index in [0.717, 1.165) is 32.1 Å². The van der Waals surface area contributed by atoms with Crippen molar-refractivity contribution in [2.75, 3.05) is 0 Å². The molecule has 0 unspecified atom stereocenters. The Labute approximate surface area is 193 Å². The average Bonchev–Trinajstić information content (AvgIpc) is 2.84. The largest absolute Gasteiger partial charge is 0.462 e. The van der Waals surface area contributed by atoms with E-state index in [2.05, 4.69) is 47.7 Å². The molecule has 5 heteroatoms. The number of ether oxygens (including phenoxy) is 1. The van der Waals surface area contributed by atoms with Gasteiger partial charge in [-0.2, -0.15) is 0 Å². The minimum Gasteiger partial charge on any atom is -0.462 e. The zero-order valence-electron chi connectivity index (χ0n) is 22.0. The number of fused-ring (bicyclic) bond motifs is 1. The van der Waals surface area contributed by atoms with Gasteiger partial charge < -0.3 is 14.3 Å². The highest BCUT2D eigenvalue weighted by Gasteiger charge is 2.59. The van der Waals surface area contributed by atoms with Gasteiger partial charge in [-0.25, -0.2) is 0 Å². The van der Waals surface area contributed by atoms with Crippen molar-refractivity contribution in [1.82, 2.24) is 0 Å². The van der Waals surface area contributed by atoms with E-state index in [4.69, 9.17) is 9.16 Å². The zero-order valence-corrected chi connectivity index (χ0v) is 23.0. The van der Waals surface area contributed by atoms with Gasteiger partial charge in [0.15, 0.2) is 8.32 Å². The van der Waals surface area contributed by atoms with E-state index < -0.39 is 13.9 Å². The van der Waals surface area contributed by atoms with Crippen LogP contribution in [0.15, 0.2) is 0 Å². The summed E-state index contributed by atoms with van der Waals surface area (Å²) < 4.78 is 13.0. The van der Waals surface area contributed by atoms with Crippen molar-refractivity contribution >= 4 is 14.3 Å². The number of carbonyl (C=O) groups excluding carboxylic acids is 1. The molecular formula is C26H50O4Si. The SMILES string of the molecule is CC(=O)O[C@@H]1C[C@H]2[C@@H](O[Si](C)(C)C(C)(C)C)CCC[C@]2(C)[C@H]1[C@H](C)CCCC(C)(C)O. The van der Waals surface area contributed by atoms with Gasteiger partial charge in [0, 0.05) is 18.9 Å². The van der Waals surface area contributed by atoms with Gasteiger partial charge in [0.1, 0.15) is 6.10 Å². The van der Waals surface area contributed by atoms with Crippen LogP contribution in [0.2, 0.25) is 18.1 Å². The molecule has 0 saturated heterocycles. The van der Waals surface area contributed by atoms with E-state index in [1.54, 1.807) is 6.92 Å². The van der Waals surface area contributed by atoms with E-state index in [1.165, 1.54) is 12.8 Å². The summed E-state index contributed by atoms with van der Waals surface area (Å²) >= 11 is 0. The molecule has 2 rings (SSSR count). The van der Waals surface area contributed by atoms with E-state index in [9.17, 15) is 9.90 Å². The van der Waals surface area contributed by atoms with Crippen molar-refractivity contribution in [3.05, 3.63) is 0 Å². The summed E-state index contributed by atoms with van der Waals surface area (Å²) in [5.41, 5.74) is -0.483. The molecule has 6 atom stereocenters. The Bertz CT molecular complexity index is 618. The first-order valence-corrected chi connectivity index (χ1v) is 15.5. The van der Waals surface area contributed by atoms with Crippen molar-refractivity contribution in [3.8, 4) is 0 Å². The van der Waals surface area contributed by atoms with Gasteiger partial charge in [0.25, 0.3) is 0 Å². The third-order valence-electron chi connectivity index (χ3n) is 8.78. The van der Waals surface area contributed by atoms with Crippen LogP contribution in [0.1, 0.15) is 100 Å². The first-order valence-electron chi connectivity index (χ1n) is 12.6. The maximum atomic E-state index is 12.0. The molecule has 2 aliphatic carbocycles. The minimum absolute atomic E-state index is 0.0201. The Morgan fingerprint density at radius 2 is 1.81 bits per heavy atom. The van der Waals surface area contributed by atoms with Gasteiger partial charge in [-0.1, -0.05) is 53.9 Å². The van der Waals surface area contributed by atoms with Crippen LogP contribution in [-0.4, -0.2) is 37.2 Å². The van der Waals surface area contributed by atoms with E-state index in [0.29, 0.717) is 17.8 Å². The summed E-state index contributed by atoms with van der Waals surface area (Å²) in [5.74, 6) is 1.09. The van der Waals surface area contributed by atoms with E-state index in [1.807, 2.05) is 13.8 Å². The number of hydrogen-bond acceptors (Lipinski definition) is 4. The second kappa shape index (κ2) is 9.46. The van der Waals surface area contributed by atoms with Gasteiger partial charge in [0.2, 0.25) is 0 Å². The van der Waals surface area contributed by atoms with E-state index >= 15 is 0 Å². The molecule has 4 nitrogen and oxygen atoms in total. The van der Waals surface area contributed by atoms with Gasteiger partial charge in [-0.3, -0.25) is 4.79 Å². The molecule has 0 bridgehead atoms. The van der Waals surface area contributed by atoms with Crippen molar-refractivity contribution in [3.63, 3.8) is 0 Å². The fourth-order valence-electron chi connectivity index (χ4n) is 6.24. The smallest absolute Gasteiger partial charge is 0.302 e. The third-order valence-corrected chi connectivity index (χ3v) is 13.3. The Morgan fingerprint density at radius 1 is 1.19 bits per heavy atom. The predicted octanol–water partition coefficient (Wildman–Crippen LogP) is 6.71. The van der Waals surface area contributed by atoms with Crippen LogP contribution in [0.25, 0.3) is 0 Å². The van der Waals surface area contributed by atoms with Crippen LogP contribution < -0.4 is 0 Å². The van der Waals surface area contributed by atoms with Crippen molar-refractivity contribution < 1.29 is 19.1 Å². The number of carbonyl (C=O) groups is 1. The monoisotopic (exact) mass is 454 g/mol. The summed E-state index contributed by atoms with van der Waals surface area (Å²) in [7, 11) is -1.87. The van der Waals surface area contributed by atoms with Gasteiger partial charge in [-0.15, -0.1) is 0 Å². The maximum absolute atomic E-state index is 12.0. The molecular weight excluding hydrogens is 404 g/mol. The van der Waals surface area contributed by atoms with Crippen LogP contribution >= 0.6 is 0 Å². The molecule has 2 fully saturated rings. The summed E-state index contributed by atoms with van der Waals surface area (Å²) in [6.45, 7) is 21.7. The van der Waals surface area contributed by atoms with Gasteiger partial charge >= 0.3 is 5.97 Å². The average molecular weight is 455 g/mol. The van der Waals surface area contributed by atoms with Crippen LogP contribution in [-0.2, 0) is 14.0 Å². The molecule has 1 N–H and O–H groups in total. The lowest BCUT2D eigenvalue weighted by atomic mass is 9.61. The lowest BCUT2D eigenvalue weighted by Crippen LogP contribution is -2.50. The molecule has 0 aromatic heterocycles.